The lowest BCUT2D eigenvalue weighted by Crippen LogP contribution is -2.22. The van der Waals surface area contributed by atoms with E-state index in [2.05, 4.69) is 32.5 Å². The Morgan fingerprint density at radius 1 is 1.60 bits per heavy atom. The van der Waals surface area contributed by atoms with Crippen molar-refractivity contribution in [1.82, 2.24) is 14.7 Å². The van der Waals surface area contributed by atoms with Crippen LogP contribution in [0, 0.1) is 5.41 Å². The lowest BCUT2D eigenvalue weighted by atomic mass is 10.0. The van der Waals surface area contributed by atoms with Gasteiger partial charge in [0.25, 0.3) is 0 Å². The van der Waals surface area contributed by atoms with E-state index in [1.165, 1.54) is 18.5 Å². The minimum Gasteiger partial charge on any atom is -0.319 e. The number of thiazole rings is 1. The molecule has 15 heavy (non-hydrogen) atoms. The van der Waals surface area contributed by atoms with Crippen molar-refractivity contribution in [1.29, 1.82) is 0 Å². The summed E-state index contributed by atoms with van der Waals surface area (Å²) in [5.41, 5.74) is 1.76. The second kappa shape index (κ2) is 3.32. The van der Waals surface area contributed by atoms with Crippen molar-refractivity contribution in [2.45, 2.75) is 19.3 Å². The third-order valence-corrected chi connectivity index (χ3v) is 3.98. The Bertz CT molecular complexity index is 438. The topological polar surface area (TPSA) is 29.3 Å². The first kappa shape index (κ1) is 9.36. The fraction of sp³-hybridized carbons (Fsp3) is 0.545. The van der Waals surface area contributed by atoms with Crippen molar-refractivity contribution >= 4 is 16.3 Å². The van der Waals surface area contributed by atoms with E-state index in [0.29, 0.717) is 5.41 Å². The molecule has 1 saturated carbocycles. The maximum Gasteiger partial charge on any atom is 0.193 e. The van der Waals surface area contributed by atoms with Gasteiger partial charge in [-0.05, 0) is 31.7 Å². The van der Waals surface area contributed by atoms with Gasteiger partial charge in [0.1, 0.15) is 0 Å². The molecule has 0 amide bonds. The van der Waals surface area contributed by atoms with Gasteiger partial charge in [0, 0.05) is 24.3 Å². The SMILES string of the molecule is CNCC1(Cc2cn3ccsc3n2)CC1. The first-order chi connectivity index (χ1) is 7.31. The smallest absolute Gasteiger partial charge is 0.193 e. The summed E-state index contributed by atoms with van der Waals surface area (Å²) in [5.74, 6) is 0. The highest BCUT2D eigenvalue weighted by molar-refractivity contribution is 7.15. The van der Waals surface area contributed by atoms with Crippen LogP contribution in [-0.4, -0.2) is 23.0 Å². The van der Waals surface area contributed by atoms with E-state index >= 15 is 0 Å². The van der Waals surface area contributed by atoms with Crippen LogP contribution in [0.1, 0.15) is 18.5 Å². The minimum atomic E-state index is 0.513. The number of rotatable bonds is 4. The van der Waals surface area contributed by atoms with Crippen molar-refractivity contribution in [3.05, 3.63) is 23.5 Å². The Kier molecular flexibility index (Phi) is 2.07. The second-order valence-corrected chi connectivity index (χ2v) is 5.41. The van der Waals surface area contributed by atoms with E-state index in [-0.39, 0.29) is 0 Å². The molecule has 0 atom stereocenters. The number of hydrogen-bond donors (Lipinski definition) is 1. The number of nitrogens with one attached hydrogen (secondary N) is 1. The summed E-state index contributed by atoms with van der Waals surface area (Å²) in [4.78, 5) is 5.75. The zero-order valence-corrected chi connectivity index (χ0v) is 9.68. The highest BCUT2D eigenvalue weighted by atomic mass is 32.1. The highest BCUT2D eigenvalue weighted by Crippen LogP contribution is 2.47. The normalized spacial score (nSPS) is 18.5. The summed E-state index contributed by atoms with van der Waals surface area (Å²) >= 11 is 1.70. The molecule has 0 aromatic carbocycles. The molecule has 0 spiro atoms. The molecule has 1 N–H and O–H groups in total. The minimum absolute atomic E-state index is 0.513. The standard InChI is InChI=1S/C11H15N3S/c1-12-8-11(2-3-11)6-9-7-14-4-5-15-10(14)13-9/h4-5,7,12H,2-3,6,8H2,1H3. The van der Waals surface area contributed by atoms with Crippen molar-refractivity contribution in [3.63, 3.8) is 0 Å². The van der Waals surface area contributed by atoms with Crippen molar-refractivity contribution < 1.29 is 0 Å². The molecule has 2 aromatic heterocycles. The summed E-state index contributed by atoms with van der Waals surface area (Å²) in [7, 11) is 2.03. The number of imidazole rings is 1. The molecule has 3 nitrogen and oxygen atoms in total. The van der Waals surface area contributed by atoms with E-state index in [0.717, 1.165) is 17.9 Å². The predicted molar refractivity (Wildman–Crippen MR) is 62.4 cm³/mol. The summed E-state index contributed by atoms with van der Waals surface area (Å²) in [5, 5.41) is 5.36. The summed E-state index contributed by atoms with van der Waals surface area (Å²) in [6.45, 7) is 1.12. The zero-order chi connectivity index (χ0) is 10.3. The third-order valence-electron chi connectivity index (χ3n) is 3.21. The molecule has 0 saturated heterocycles. The molecule has 1 fully saturated rings. The largest absolute Gasteiger partial charge is 0.319 e. The summed E-state index contributed by atoms with van der Waals surface area (Å²) in [6, 6.07) is 0. The van der Waals surface area contributed by atoms with Crippen LogP contribution < -0.4 is 5.32 Å². The average molecular weight is 221 g/mol. The van der Waals surface area contributed by atoms with Crippen LogP contribution in [0.5, 0.6) is 0 Å². The molecular formula is C11H15N3S. The van der Waals surface area contributed by atoms with Crippen molar-refractivity contribution in [2.75, 3.05) is 13.6 Å². The van der Waals surface area contributed by atoms with Gasteiger partial charge in [0.2, 0.25) is 0 Å². The predicted octanol–water partition coefficient (Wildman–Crippen LogP) is 1.94. The Balaban J connectivity index is 1.80. The van der Waals surface area contributed by atoms with E-state index in [9.17, 15) is 0 Å². The van der Waals surface area contributed by atoms with Gasteiger partial charge >= 0.3 is 0 Å². The van der Waals surface area contributed by atoms with Gasteiger partial charge in [0.15, 0.2) is 4.96 Å². The first-order valence-corrected chi connectivity index (χ1v) is 6.25. The van der Waals surface area contributed by atoms with Crippen LogP contribution >= 0.6 is 11.3 Å². The van der Waals surface area contributed by atoms with Crippen LogP contribution in [0.3, 0.4) is 0 Å². The van der Waals surface area contributed by atoms with E-state index in [1.807, 2.05) is 7.05 Å². The number of aromatic nitrogens is 2. The molecule has 0 aliphatic heterocycles. The van der Waals surface area contributed by atoms with Gasteiger partial charge in [-0.25, -0.2) is 4.98 Å². The van der Waals surface area contributed by atoms with E-state index < -0.39 is 0 Å². The number of nitrogens with zero attached hydrogens (tertiary/aromatic N) is 2. The van der Waals surface area contributed by atoms with Gasteiger partial charge in [-0.2, -0.15) is 0 Å². The maximum atomic E-state index is 4.63. The monoisotopic (exact) mass is 221 g/mol. The molecule has 3 rings (SSSR count). The van der Waals surface area contributed by atoms with E-state index in [1.54, 1.807) is 11.3 Å². The lowest BCUT2D eigenvalue weighted by Gasteiger charge is -2.11. The Hall–Kier alpha value is -0.870. The van der Waals surface area contributed by atoms with E-state index in [4.69, 9.17) is 0 Å². The number of hydrogen-bond acceptors (Lipinski definition) is 3. The third kappa shape index (κ3) is 1.68. The molecule has 2 heterocycles. The molecule has 0 unspecified atom stereocenters. The molecular weight excluding hydrogens is 206 g/mol. The molecule has 1 aliphatic rings. The Morgan fingerprint density at radius 3 is 3.13 bits per heavy atom. The Labute approximate surface area is 93.1 Å². The molecule has 0 bridgehead atoms. The lowest BCUT2D eigenvalue weighted by molar-refractivity contribution is 0.474. The van der Waals surface area contributed by atoms with Crippen molar-refractivity contribution in [2.24, 2.45) is 5.41 Å². The highest BCUT2D eigenvalue weighted by Gasteiger charge is 2.42. The quantitative estimate of drug-likeness (QED) is 0.855. The second-order valence-electron chi connectivity index (χ2n) is 4.53. The van der Waals surface area contributed by atoms with Gasteiger partial charge < -0.3 is 5.32 Å². The van der Waals surface area contributed by atoms with Crippen LogP contribution in [0.15, 0.2) is 17.8 Å². The van der Waals surface area contributed by atoms with Crippen LogP contribution in [-0.2, 0) is 6.42 Å². The zero-order valence-electron chi connectivity index (χ0n) is 8.86. The van der Waals surface area contributed by atoms with Crippen LogP contribution in [0.4, 0.5) is 0 Å². The fourth-order valence-electron chi connectivity index (χ4n) is 2.21. The number of fused-ring (bicyclic) bond motifs is 1. The molecule has 2 aromatic rings. The summed E-state index contributed by atoms with van der Waals surface area (Å²) < 4.78 is 2.12. The van der Waals surface area contributed by atoms with Crippen LogP contribution in [0.2, 0.25) is 0 Å². The molecule has 1 aliphatic carbocycles. The van der Waals surface area contributed by atoms with Gasteiger partial charge in [-0.1, -0.05) is 0 Å². The van der Waals surface area contributed by atoms with Gasteiger partial charge in [-0.15, -0.1) is 11.3 Å². The van der Waals surface area contributed by atoms with Crippen molar-refractivity contribution in [3.8, 4) is 0 Å². The molecule has 4 heteroatoms. The summed E-state index contributed by atoms with van der Waals surface area (Å²) in [6.07, 6.45) is 8.07. The molecule has 0 radical (unpaired) electrons. The van der Waals surface area contributed by atoms with Crippen LogP contribution in [0.25, 0.3) is 4.96 Å². The first-order valence-electron chi connectivity index (χ1n) is 5.37. The van der Waals surface area contributed by atoms with Gasteiger partial charge in [-0.3, -0.25) is 4.40 Å². The molecule has 80 valence electrons. The maximum absolute atomic E-state index is 4.63. The van der Waals surface area contributed by atoms with Gasteiger partial charge in [0.05, 0.1) is 5.69 Å². The average Bonchev–Trinajstić information content (AvgIpc) is 2.65. The fourth-order valence-corrected chi connectivity index (χ4v) is 2.93. The Morgan fingerprint density at radius 2 is 2.47 bits per heavy atom.